The van der Waals surface area contributed by atoms with E-state index < -0.39 is 9.84 Å². The molecule has 16 aromatic rings. The van der Waals surface area contributed by atoms with Gasteiger partial charge in [-0.05, 0) is 262 Å². The van der Waals surface area contributed by atoms with Crippen LogP contribution < -0.4 is 19.3 Å². The van der Waals surface area contributed by atoms with Crippen LogP contribution in [0.1, 0.15) is 104 Å². The molecule has 532 valence electrons. The summed E-state index contributed by atoms with van der Waals surface area (Å²) in [5.41, 5.74) is 20.3. The van der Waals surface area contributed by atoms with E-state index in [-0.39, 0.29) is 31.5 Å². The van der Waals surface area contributed by atoms with Crippen LogP contribution in [0.4, 0.5) is 34.1 Å². The highest BCUT2D eigenvalue weighted by atomic mass is 32.2. The number of hydrogen-bond acceptors (Lipinski definition) is 8. The molecule has 13 aromatic carbocycles. The lowest BCUT2D eigenvalue weighted by atomic mass is 9.78. The van der Waals surface area contributed by atoms with Crippen molar-refractivity contribution in [1.82, 2.24) is 23.9 Å². The fraction of sp³-hybridized carbons (Fsp3) is 0.167. The normalized spacial score (nSPS) is 13.2. The van der Waals surface area contributed by atoms with Crippen molar-refractivity contribution in [2.75, 3.05) is 9.80 Å². The Hall–Kier alpha value is -12.3. The van der Waals surface area contributed by atoms with Gasteiger partial charge in [0, 0.05) is 61.1 Å². The lowest BCUT2D eigenvalue weighted by Crippen LogP contribution is -2.21. The summed E-state index contributed by atoms with van der Waals surface area (Å²) < 4.78 is 49.3. The van der Waals surface area contributed by atoms with Gasteiger partial charge in [-0.3, -0.25) is 4.57 Å². The van der Waals surface area contributed by atoms with E-state index in [4.69, 9.17) is 19.7 Å². The maximum atomic E-state index is 14.7. The Morgan fingerprint density at radius 3 is 1.04 bits per heavy atom. The van der Waals surface area contributed by atoms with Crippen molar-refractivity contribution in [2.45, 2.75) is 114 Å². The molecule has 0 unspecified atom stereocenters. The van der Waals surface area contributed by atoms with Crippen LogP contribution in [-0.2, 0) is 37.9 Å². The number of ether oxygens (including phenoxy) is 2. The summed E-state index contributed by atoms with van der Waals surface area (Å²) in [5, 5.41) is 14.5. The predicted octanol–water partition coefficient (Wildman–Crippen LogP) is 25.2. The third-order valence-corrected chi connectivity index (χ3v) is 23.6. The van der Waals surface area contributed by atoms with E-state index in [0.717, 1.165) is 142 Å². The Labute approximate surface area is 631 Å². The number of nitrogens with zero attached hydrogens (tertiary/aromatic N) is 7. The number of anilines is 6. The molecule has 0 amide bonds. The summed E-state index contributed by atoms with van der Waals surface area (Å²) >= 11 is 0. The average Bonchev–Trinajstić information content (AvgIpc) is 1.50. The van der Waals surface area contributed by atoms with E-state index in [1.807, 2.05) is 91.0 Å². The van der Waals surface area contributed by atoms with Gasteiger partial charge in [-0.2, -0.15) is 0 Å². The molecule has 0 N–H and O–H groups in total. The minimum Gasteiger partial charge on any atom is -0.453 e. The molecule has 3 aromatic heterocycles. The molecule has 5 heterocycles. The van der Waals surface area contributed by atoms with E-state index in [9.17, 15) is 8.42 Å². The average molecular weight is 1430 g/mol. The van der Waals surface area contributed by atoms with Gasteiger partial charge in [-0.1, -0.05) is 161 Å². The van der Waals surface area contributed by atoms with Gasteiger partial charge in [0.2, 0.25) is 9.84 Å². The van der Waals surface area contributed by atoms with E-state index in [1.54, 1.807) is 24.3 Å². The Morgan fingerprint density at radius 2 is 0.639 bits per heavy atom. The van der Waals surface area contributed by atoms with Gasteiger partial charge in [0.15, 0.2) is 34.6 Å². The second-order valence-electron chi connectivity index (χ2n) is 32.6. The van der Waals surface area contributed by atoms with E-state index in [2.05, 4.69) is 276 Å². The molecular formula is C96H83N7O4S. The molecule has 2 aliphatic rings. The van der Waals surface area contributed by atoms with Gasteiger partial charge >= 0.3 is 0 Å². The molecule has 12 heteroatoms. The van der Waals surface area contributed by atoms with E-state index in [1.165, 1.54) is 33.0 Å². The lowest BCUT2D eigenvalue weighted by Gasteiger charge is -2.33. The highest BCUT2D eigenvalue weighted by Gasteiger charge is 2.32. The minimum absolute atomic E-state index is 0.0271. The summed E-state index contributed by atoms with van der Waals surface area (Å²) in [4.78, 5) is 5.00. The van der Waals surface area contributed by atoms with Crippen molar-refractivity contribution in [3.63, 3.8) is 0 Å². The van der Waals surface area contributed by atoms with Crippen LogP contribution in [0.15, 0.2) is 301 Å². The summed E-state index contributed by atoms with van der Waals surface area (Å²) in [6.45, 7) is 24.9. The quantitative estimate of drug-likeness (QED) is 0.119. The summed E-state index contributed by atoms with van der Waals surface area (Å²) in [5.74, 6) is 4.60. The molecule has 0 spiro atoms. The van der Waals surface area contributed by atoms with Crippen molar-refractivity contribution >= 4 is 87.6 Å². The number of para-hydroxylation sites is 7. The second-order valence-corrected chi connectivity index (χ2v) is 34.5. The largest absolute Gasteiger partial charge is 0.453 e. The molecule has 0 aliphatic carbocycles. The van der Waals surface area contributed by atoms with Crippen LogP contribution in [-0.4, -0.2) is 32.3 Å². The molecule has 0 bridgehead atoms. The number of benzene rings is 13. The van der Waals surface area contributed by atoms with Crippen LogP contribution in [0.3, 0.4) is 0 Å². The number of aromatic nitrogens is 5. The standard InChI is InChI=1S/C96H83N7O4S/c1-93(2,3)64-34-51-79-75(56-64)76-57-65(94(4,5)6)35-52-80(76)99(79)71-42-46-73(47-43-71)108(104,105)74-48-44-72(45-49-74)100-81-53-36-66(95(7,8)9)58-77(81)78-59-67(37-54-82(78)100)96(10,11)60-61-29-50-86-90(55-61)107-89-28-20-17-25-85(89)102(86)70-40-32-63(33-41-70)92-98-97-91(103(92)68-21-13-12-14-22-68)62-30-38-69(39-31-62)101-83-23-15-18-26-87(83)106-88-27-19-16-24-84(88)101/h12-59H,60H2,1-11H3. The summed E-state index contributed by atoms with van der Waals surface area (Å²) in [6, 6.07) is 100. The topological polar surface area (TPSA) is 99.7 Å². The molecule has 0 radical (unpaired) electrons. The third-order valence-electron chi connectivity index (χ3n) is 21.8. The first kappa shape index (κ1) is 67.6. The maximum Gasteiger partial charge on any atom is 0.206 e. The monoisotopic (exact) mass is 1430 g/mol. The van der Waals surface area contributed by atoms with Crippen molar-refractivity contribution in [3.05, 3.63) is 319 Å². The zero-order chi connectivity index (χ0) is 74.3. The van der Waals surface area contributed by atoms with Crippen molar-refractivity contribution < 1.29 is 17.9 Å². The highest BCUT2D eigenvalue weighted by Crippen LogP contribution is 2.53. The highest BCUT2D eigenvalue weighted by molar-refractivity contribution is 7.91. The molecule has 0 fully saturated rings. The van der Waals surface area contributed by atoms with Gasteiger partial charge in [0.1, 0.15) is 0 Å². The van der Waals surface area contributed by atoms with Crippen molar-refractivity contribution in [1.29, 1.82) is 0 Å². The summed E-state index contributed by atoms with van der Waals surface area (Å²) in [6.07, 6.45) is 0.734. The first-order valence-electron chi connectivity index (χ1n) is 37.1. The molecule has 2 aliphatic heterocycles. The molecule has 0 saturated heterocycles. The molecule has 18 rings (SSSR count). The van der Waals surface area contributed by atoms with Crippen LogP contribution in [0, 0.1) is 0 Å². The lowest BCUT2D eigenvalue weighted by molar-refractivity contribution is 0.473. The Balaban J connectivity index is 0.626. The molecule has 108 heavy (non-hydrogen) atoms. The Kier molecular flexibility index (Phi) is 15.8. The van der Waals surface area contributed by atoms with Gasteiger partial charge in [-0.15, -0.1) is 10.2 Å². The van der Waals surface area contributed by atoms with Crippen LogP contribution in [0.5, 0.6) is 23.0 Å². The summed E-state index contributed by atoms with van der Waals surface area (Å²) in [7, 11) is -3.90. The van der Waals surface area contributed by atoms with E-state index >= 15 is 0 Å². The first-order valence-corrected chi connectivity index (χ1v) is 38.6. The fourth-order valence-electron chi connectivity index (χ4n) is 15.9. The van der Waals surface area contributed by atoms with Crippen molar-refractivity contribution in [2.24, 2.45) is 0 Å². The first-order chi connectivity index (χ1) is 51.9. The molecule has 11 nitrogen and oxygen atoms in total. The number of fused-ring (bicyclic) bond motifs is 10. The number of sulfone groups is 1. The Morgan fingerprint density at radius 1 is 0.306 bits per heavy atom. The second kappa shape index (κ2) is 25.2. The predicted molar refractivity (Wildman–Crippen MR) is 442 cm³/mol. The Bertz CT molecular complexity index is 6250. The third kappa shape index (κ3) is 11.6. The van der Waals surface area contributed by atoms with Crippen molar-refractivity contribution in [3.8, 4) is 62.8 Å². The molecular weight excluding hydrogens is 1350 g/mol. The van der Waals surface area contributed by atoms with E-state index in [0.29, 0.717) is 0 Å². The van der Waals surface area contributed by atoms with Gasteiger partial charge in [0.05, 0.1) is 54.6 Å². The minimum atomic E-state index is -3.90. The number of rotatable bonds is 12. The fourth-order valence-corrected chi connectivity index (χ4v) is 17.2. The zero-order valence-electron chi connectivity index (χ0n) is 62.6. The van der Waals surface area contributed by atoms with Gasteiger partial charge in [0.25, 0.3) is 0 Å². The number of hydrogen-bond donors (Lipinski definition) is 0. The SMILES string of the molecule is CC(C)(C)c1ccc2c(c1)c1cc(C(C)(C)C)ccc1n2-c1ccc(S(=O)(=O)c2ccc(-n3c4ccc(C(C)(C)C)cc4c4cc(C(C)(C)Cc5ccc6c(c5)Oc5ccccc5N6c5ccc(-c6nnc(-c7ccc(N8c9ccccc9Oc9ccccc98)cc7)n6-c6ccccc6)cc5)ccc43)cc2)cc1. The zero-order valence-corrected chi connectivity index (χ0v) is 63.4. The van der Waals surface area contributed by atoms with Crippen LogP contribution in [0.25, 0.3) is 83.4 Å². The van der Waals surface area contributed by atoms with Gasteiger partial charge < -0.3 is 28.4 Å². The van der Waals surface area contributed by atoms with Crippen LogP contribution >= 0.6 is 0 Å². The maximum absolute atomic E-state index is 14.7. The van der Waals surface area contributed by atoms with Crippen LogP contribution in [0.2, 0.25) is 0 Å². The molecule has 0 saturated carbocycles. The van der Waals surface area contributed by atoms with Gasteiger partial charge in [-0.25, -0.2) is 8.42 Å². The molecule has 0 atom stereocenters. The smallest absolute Gasteiger partial charge is 0.206 e.